The molecule has 0 fully saturated rings. The third-order valence-corrected chi connectivity index (χ3v) is 10.6. The van der Waals surface area contributed by atoms with E-state index in [0.717, 1.165) is 56.9 Å². The molecule has 3 aliphatic heterocycles. The van der Waals surface area contributed by atoms with Crippen molar-refractivity contribution in [3.8, 4) is 23.0 Å². The first-order chi connectivity index (χ1) is 24.6. The smallest absolute Gasteiger partial charge is 0.256 e. The van der Waals surface area contributed by atoms with Gasteiger partial charge in [-0.3, -0.25) is 0 Å². The number of fused-ring (bicyclic) bond motifs is 6. The van der Waals surface area contributed by atoms with Crippen molar-refractivity contribution >= 4 is 57.2 Å². The minimum atomic E-state index is -0.182. The lowest BCUT2D eigenvalue weighted by Crippen LogP contribution is -2.59. The van der Waals surface area contributed by atoms with Crippen molar-refractivity contribution in [3.05, 3.63) is 175 Å². The quantitative estimate of drug-likeness (QED) is 0.178. The summed E-state index contributed by atoms with van der Waals surface area (Å²) in [5.41, 5.74) is 12.4. The third kappa shape index (κ3) is 4.26. The number of hydrogen-bond donors (Lipinski definition) is 0. The van der Waals surface area contributed by atoms with Gasteiger partial charge in [0.05, 0.1) is 0 Å². The molecular formula is C45H33BN2O2. The van der Waals surface area contributed by atoms with E-state index in [1.807, 2.05) is 6.07 Å². The molecule has 0 N–H and O–H groups in total. The topological polar surface area (TPSA) is 24.9 Å². The molecule has 238 valence electrons. The van der Waals surface area contributed by atoms with Crippen molar-refractivity contribution in [2.24, 2.45) is 0 Å². The highest BCUT2D eigenvalue weighted by atomic mass is 16.5. The minimum absolute atomic E-state index is 0.0415. The lowest BCUT2D eigenvalue weighted by atomic mass is 9.34. The molecule has 7 aromatic carbocycles. The second kappa shape index (κ2) is 10.9. The van der Waals surface area contributed by atoms with Crippen LogP contribution < -0.4 is 35.7 Å². The predicted octanol–water partition coefficient (Wildman–Crippen LogP) is 9.99. The van der Waals surface area contributed by atoms with Gasteiger partial charge in [-0.1, -0.05) is 105 Å². The van der Waals surface area contributed by atoms with Gasteiger partial charge in [-0.25, -0.2) is 0 Å². The zero-order valence-electron chi connectivity index (χ0n) is 27.9. The van der Waals surface area contributed by atoms with Crippen LogP contribution in [0.1, 0.15) is 25.0 Å². The lowest BCUT2D eigenvalue weighted by molar-refractivity contribution is 0.418. The summed E-state index contributed by atoms with van der Waals surface area (Å²) in [6.07, 6.45) is 0. The molecule has 0 bridgehead atoms. The summed E-state index contributed by atoms with van der Waals surface area (Å²) in [7, 11) is 0. The van der Waals surface area contributed by atoms with E-state index in [1.54, 1.807) is 0 Å². The Kier molecular flexibility index (Phi) is 6.28. The minimum Gasteiger partial charge on any atom is -0.458 e. The van der Waals surface area contributed by atoms with E-state index in [2.05, 4.69) is 181 Å². The number of hydrogen-bond acceptors (Lipinski definition) is 4. The first-order valence-electron chi connectivity index (χ1n) is 17.2. The van der Waals surface area contributed by atoms with Gasteiger partial charge in [-0.2, -0.15) is 0 Å². The van der Waals surface area contributed by atoms with Gasteiger partial charge in [0.15, 0.2) is 0 Å². The highest BCUT2D eigenvalue weighted by Crippen LogP contribution is 2.50. The first-order valence-corrected chi connectivity index (χ1v) is 17.2. The van der Waals surface area contributed by atoms with Crippen molar-refractivity contribution < 1.29 is 9.47 Å². The molecule has 7 aromatic rings. The molecule has 0 saturated carbocycles. The fourth-order valence-electron chi connectivity index (χ4n) is 8.22. The Morgan fingerprint density at radius 1 is 0.480 bits per heavy atom. The molecule has 5 heteroatoms. The molecule has 0 aromatic heterocycles. The molecule has 0 radical (unpaired) electrons. The first kappa shape index (κ1) is 28.8. The second-order valence-electron chi connectivity index (χ2n) is 13.8. The zero-order chi connectivity index (χ0) is 33.4. The van der Waals surface area contributed by atoms with Crippen LogP contribution in [0.2, 0.25) is 0 Å². The maximum Gasteiger partial charge on any atom is 0.256 e. The van der Waals surface area contributed by atoms with Crippen molar-refractivity contribution in [3.63, 3.8) is 0 Å². The van der Waals surface area contributed by atoms with E-state index >= 15 is 0 Å². The van der Waals surface area contributed by atoms with E-state index < -0.39 is 0 Å². The molecule has 3 heterocycles. The Morgan fingerprint density at radius 3 is 1.94 bits per heavy atom. The highest BCUT2D eigenvalue weighted by molar-refractivity contribution is 6.99. The molecule has 0 atom stereocenters. The number of benzene rings is 7. The second-order valence-corrected chi connectivity index (χ2v) is 13.8. The largest absolute Gasteiger partial charge is 0.458 e. The molecule has 0 spiro atoms. The zero-order valence-corrected chi connectivity index (χ0v) is 27.9. The average Bonchev–Trinajstić information content (AvgIpc) is 3.15. The summed E-state index contributed by atoms with van der Waals surface area (Å²) in [6, 6.07) is 58.0. The monoisotopic (exact) mass is 644 g/mol. The van der Waals surface area contributed by atoms with Crippen LogP contribution in [0, 0.1) is 0 Å². The van der Waals surface area contributed by atoms with Gasteiger partial charge >= 0.3 is 0 Å². The van der Waals surface area contributed by atoms with Gasteiger partial charge in [-0.15, -0.1) is 0 Å². The Hall–Kier alpha value is -6.20. The number of rotatable bonds is 4. The highest BCUT2D eigenvalue weighted by Gasteiger charge is 2.42. The Balaban J connectivity index is 1.11. The van der Waals surface area contributed by atoms with Crippen molar-refractivity contribution in [1.82, 2.24) is 0 Å². The molecule has 0 amide bonds. The standard InChI is InChI=1S/C45H33BN2O2/c1-45(2)34-18-9-12-22-40(34)49-42-28-32(24-26-35(42)45)47(30-14-5-3-6-15-30)33-25-27-37-43(29-33)50-41-23-13-21-39-44(41)46(37)36-19-10-11-20-38(36)48(39)31-16-7-4-8-17-31/h3-29H,1-2H3. The van der Waals surface area contributed by atoms with Gasteiger partial charge in [0.1, 0.15) is 23.0 Å². The van der Waals surface area contributed by atoms with Crippen LogP contribution in [0.25, 0.3) is 0 Å². The maximum atomic E-state index is 6.86. The normalized spacial score (nSPS) is 14.2. The summed E-state index contributed by atoms with van der Waals surface area (Å²) in [4.78, 5) is 4.65. The summed E-state index contributed by atoms with van der Waals surface area (Å²) >= 11 is 0. The number of nitrogens with zero attached hydrogens (tertiary/aromatic N) is 2. The van der Waals surface area contributed by atoms with Crippen molar-refractivity contribution in [2.45, 2.75) is 19.3 Å². The third-order valence-electron chi connectivity index (χ3n) is 10.6. The Bertz CT molecular complexity index is 2440. The molecule has 0 saturated heterocycles. The number of anilines is 6. The van der Waals surface area contributed by atoms with Crippen LogP contribution in [-0.2, 0) is 5.41 Å². The summed E-state index contributed by atoms with van der Waals surface area (Å²) in [5, 5.41) is 0. The van der Waals surface area contributed by atoms with Crippen LogP contribution in [0.15, 0.2) is 164 Å². The van der Waals surface area contributed by atoms with Crippen LogP contribution in [0.5, 0.6) is 23.0 Å². The van der Waals surface area contributed by atoms with Crippen LogP contribution >= 0.6 is 0 Å². The van der Waals surface area contributed by atoms with Gasteiger partial charge < -0.3 is 19.3 Å². The predicted molar refractivity (Wildman–Crippen MR) is 206 cm³/mol. The SMILES string of the molecule is CC1(C)c2ccccc2Oc2cc(N(c3ccccc3)c3ccc4c(c3)Oc3cccc5c3B4c3ccccc3N5c3ccccc3)ccc21. The van der Waals surface area contributed by atoms with Crippen molar-refractivity contribution in [1.29, 1.82) is 0 Å². The Labute approximate surface area is 292 Å². The van der Waals surface area contributed by atoms with Gasteiger partial charge in [-0.05, 0) is 77.1 Å². The summed E-state index contributed by atoms with van der Waals surface area (Å²) in [5.74, 6) is 3.55. The van der Waals surface area contributed by atoms with Gasteiger partial charge in [0, 0.05) is 62.8 Å². The molecule has 0 aliphatic carbocycles. The maximum absolute atomic E-state index is 6.86. The Morgan fingerprint density at radius 2 is 1.10 bits per heavy atom. The van der Waals surface area contributed by atoms with E-state index in [1.165, 1.54) is 27.7 Å². The fraction of sp³-hybridized carbons (Fsp3) is 0.0667. The molecule has 50 heavy (non-hydrogen) atoms. The van der Waals surface area contributed by atoms with Crippen LogP contribution in [0.4, 0.5) is 34.1 Å². The van der Waals surface area contributed by atoms with E-state index in [-0.39, 0.29) is 12.1 Å². The molecule has 0 unspecified atom stereocenters. The molecule has 10 rings (SSSR count). The van der Waals surface area contributed by atoms with Gasteiger partial charge in [0.25, 0.3) is 6.71 Å². The van der Waals surface area contributed by atoms with E-state index in [0.29, 0.717) is 0 Å². The van der Waals surface area contributed by atoms with Crippen LogP contribution in [-0.4, -0.2) is 6.71 Å². The van der Waals surface area contributed by atoms with Gasteiger partial charge in [0.2, 0.25) is 0 Å². The number of ether oxygens (including phenoxy) is 2. The summed E-state index contributed by atoms with van der Waals surface area (Å²) < 4.78 is 13.4. The summed E-state index contributed by atoms with van der Waals surface area (Å²) in [6.45, 7) is 4.59. The van der Waals surface area contributed by atoms with E-state index in [4.69, 9.17) is 9.47 Å². The van der Waals surface area contributed by atoms with Crippen molar-refractivity contribution in [2.75, 3.05) is 9.80 Å². The molecule has 3 aliphatic rings. The molecule has 4 nitrogen and oxygen atoms in total. The van der Waals surface area contributed by atoms with E-state index in [9.17, 15) is 0 Å². The molecular weight excluding hydrogens is 611 g/mol. The fourth-order valence-corrected chi connectivity index (χ4v) is 8.22. The lowest BCUT2D eigenvalue weighted by Gasteiger charge is -2.40. The van der Waals surface area contributed by atoms with Crippen LogP contribution in [0.3, 0.4) is 0 Å². The average molecular weight is 645 g/mol. The number of para-hydroxylation sites is 4.